The van der Waals surface area contributed by atoms with Crippen LogP contribution in [0.5, 0.6) is 0 Å². The molecule has 0 atom stereocenters. The van der Waals surface area contributed by atoms with Gasteiger partial charge in [0.15, 0.2) is 0 Å². The second-order valence-corrected chi connectivity index (χ2v) is 7.50. The number of hydrogen-bond donors (Lipinski definition) is 0. The largest absolute Gasteiger partial charge is 0.422 e. The van der Waals surface area contributed by atoms with Gasteiger partial charge < -0.3 is 4.42 Å². The summed E-state index contributed by atoms with van der Waals surface area (Å²) in [4.78, 5) is 14.5. The molecule has 0 radical (unpaired) electrons. The Morgan fingerprint density at radius 2 is 2.00 bits per heavy atom. The predicted molar refractivity (Wildman–Crippen MR) is 98.1 cm³/mol. The summed E-state index contributed by atoms with van der Waals surface area (Å²) in [7, 11) is 0. The fourth-order valence-electron chi connectivity index (χ4n) is 3.12. The maximum Gasteiger partial charge on any atom is 0.354 e. The van der Waals surface area contributed by atoms with Crippen LogP contribution in [0.4, 0.5) is 0 Å². The maximum atomic E-state index is 12.4. The minimum absolute atomic E-state index is 0.119. The van der Waals surface area contributed by atoms with Crippen molar-refractivity contribution in [3.8, 4) is 16.5 Å². The van der Waals surface area contributed by atoms with Gasteiger partial charge in [-0.05, 0) is 53.8 Å². The summed E-state index contributed by atoms with van der Waals surface area (Å²) in [6, 6.07) is 10.00. The Morgan fingerprint density at radius 3 is 2.71 bits per heavy atom. The Balaban J connectivity index is 1.99. The van der Waals surface area contributed by atoms with E-state index < -0.39 is 5.63 Å². The fourth-order valence-corrected chi connectivity index (χ4v) is 4.60. The molecule has 1 aliphatic carbocycles. The topological polar surface area (TPSA) is 54.0 Å². The third-order valence-corrected chi connectivity index (χ3v) is 5.84. The highest BCUT2D eigenvalue weighted by molar-refractivity contribution is 7.13. The zero-order valence-electron chi connectivity index (χ0n) is 12.7. The maximum absolute atomic E-state index is 12.4. The molecule has 24 heavy (non-hydrogen) atoms. The first kappa shape index (κ1) is 15.1. The summed E-state index contributed by atoms with van der Waals surface area (Å²) in [6.45, 7) is 0. The molecular formula is C19H13NO2S2. The highest BCUT2D eigenvalue weighted by Gasteiger charge is 2.26. The van der Waals surface area contributed by atoms with Crippen LogP contribution in [0.15, 0.2) is 44.2 Å². The molecule has 0 fully saturated rings. The monoisotopic (exact) mass is 351 g/mol. The molecule has 0 saturated heterocycles. The van der Waals surface area contributed by atoms with E-state index in [-0.39, 0.29) is 5.56 Å². The number of fused-ring (bicyclic) bond motifs is 1. The molecule has 0 bridgehead atoms. The highest BCUT2D eigenvalue weighted by atomic mass is 32.1. The third kappa shape index (κ3) is 2.54. The van der Waals surface area contributed by atoms with Gasteiger partial charge >= 0.3 is 5.63 Å². The minimum Gasteiger partial charge on any atom is -0.422 e. The summed E-state index contributed by atoms with van der Waals surface area (Å²) in [5.74, 6) is 0.655. The lowest BCUT2D eigenvalue weighted by Crippen LogP contribution is -2.14. The molecule has 3 heterocycles. The lowest BCUT2D eigenvalue weighted by molar-refractivity contribution is 0.479. The number of allylic oxidation sites excluding steroid dienone is 1. The van der Waals surface area contributed by atoms with E-state index in [4.69, 9.17) is 4.42 Å². The molecule has 118 valence electrons. The molecule has 0 N–H and O–H groups in total. The average molecular weight is 351 g/mol. The average Bonchev–Trinajstić information content (AvgIpc) is 3.28. The molecule has 0 spiro atoms. The van der Waals surface area contributed by atoms with Gasteiger partial charge in [0.05, 0.1) is 0 Å². The van der Waals surface area contributed by atoms with E-state index in [2.05, 4.69) is 6.08 Å². The number of hydrogen-bond acceptors (Lipinski definition) is 5. The van der Waals surface area contributed by atoms with Crippen LogP contribution in [-0.2, 0) is 6.42 Å². The predicted octanol–water partition coefficient (Wildman–Crippen LogP) is 5.18. The second-order valence-electron chi connectivity index (χ2n) is 5.57. The van der Waals surface area contributed by atoms with Crippen molar-refractivity contribution in [1.82, 2.24) is 0 Å². The van der Waals surface area contributed by atoms with Crippen LogP contribution in [0.3, 0.4) is 0 Å². The van der Waals surface area contributed by atoms with E-state index in [1.807, 2.05) is 41.1 Å². The Morgan fingerprint density at radius 1 is 1.17 bits per heavy atom. The molecule has 3 aromatic rings. The molecule has 0 unspecified atom stereocenters. The second kappa shape index (κ2) is 6.23. The van der Waals surface area contributed by atoms with Crippen LogP contribution in [0, 0.1) is 11.3 Å². The normalized spacial score (nSPS) is 15.2. The van der Waals surface area contributed by atoms with Crippen molar-refractivity contribution in [1.29, 1.82) is 5.26 Å². The van der Waals surface area contributed by atoms with Gasteiger partial charge in [-0.2, -0.15) is 5.26 Å². The molecule has 1 aliphatic rings. The SMILES string of the molecule is N#Cc1c(-c2cccs2)c2c(oc1=O)/C(=C/c1cccs1)CCC2. The first-order valence-electron chi connectivity index (χ1n) is 7.66. The van der Waals surface area contributed by atoms with Gasteiger partial charge in [-0.15, -0.1) is 22.7 Å². The zero-order chi connectivity index (χ0) is 16.5. The van der Waals surface area contributed by atoms with Crippen LogP contribution in [0.2, 0.25) is 0 Å². The number of rotatable bonds is 2. The van der Waals surface area contributed by atoms with Crippen LogP contribution >= 0.6 is 22.7 Å². The Hall–Kier alpha value is -2.42. The van der Waals surface area contributed by atoms with E-state index in [0.29, 0.717) is 5.76 Å². The van der Waals surface area contributed by atoms with Crippen molar-refractivity contribution in [3.05, 3.63) is 67.2 Å². The summed E-state index contributed by atoms with van der Waals surface area (Å²) in [5.41, 5.74) is 2.36. The van der Waals surface area contributed by atoms with Gasteiger partial charge in [-0.25, -0.2) is 4.79 Å². The van der Waals surface area contributed by atoms with Crippen molar-refractivity contribution >= 4 is 34.3 Å². The van der Waals surface area contributed by atoms with E-state index in [1.165, 1.54) is 0 Å². The number of nitriles is 1. The summed E-state index contributed by atoms with van der Waals surface area (Å²) in [5, 5.41) is 13.4. The van der Waals surface area contributed by atoms with Crippen molar-refractivity contribution in [2.45, 2.75) is 19.3 Å². The van der Waals surface area contributed by atoms with Crippen LogP contribution in [0.1, 0.15) is 34.6 Å². The molecular weight excluding hydrogens is 338 g/mol. The molecule has 0 amide bonds. The van der Waals surface area contributed by atoms with Gasteiger partial charge in [0.2, 0.25) is 0 Å². The van der Waals surface area contributed by atoms with E-state index in [0.717, 1.165) is 45.7 Å². The van der Waals surface area contributed by atoms with Gasteiger partial charge in [-0.3, -0.25) is 0 Å². The Kier molecular flexibility index (Phi) is 3.93. The quantitative estimate of drug-likeness (QED) is 0.639. The van der Waals surface area contributed by atoms with Crippen LogP contribution < -0.4 is 5.63 Å². The Bertz CT molecular complexity index is 1000. The highest BCUT2D eigenvalue weighted by Crippen LogP contribution is 2.39. The number of thiophene rings is 2. The summed E-state index contributed by atoms with van der Waals surface area (Å²) >= 11 is 3.20. The van der Waals surface area contributed by atoms with Gasteiger partial charge in [0.25, 0.3) is 0 Å². The van der Waals surface area contributed by atoms with E-state index >= 15 is 0 Å². The first-order valence-corrected chi connectivity index (χ1v) is 9.42. The van der Waals surface area contributed by atoms with Crippen molar-refractivity contribution in [3.63, 3.8) is 0 Å². The molecule has 3 aromatic heterocycles. The lowest BCUT2D eigenvalue weighted by atomic mass is 9.87. The first-order chi connectivity index (χ1) is 11.8. The van der Waals surface area contributed by atoms with E-state index in [1.54, 1.807) is 22.7 Å². The molecule has 0 aliphatic heterocycles. The van der Waals surface area contributed by atoms with Crippen LogP contribution in [0.25, 0.3) is 22.1 Å². The van der Waals surface area contributed by atoms with Crippen molar-refractivity contribution in [2.75, 3.05) is 0 Å². The van der Waals surface area contributed by atoms with Crippen LogP contribution in [-0.4, -0.2) is 0 Å². The zero-order valence-corrected chi connectivity index (χ0v) is 14.4. The molecule has 0 saturated carbocycles. The lowest BCUT2D eigenvalue weighted by Gasteiger charge is -2.20. The summed E-state index contributed by atoms with van der Waals surface area (Å²) < 4.78 is 5.58. The number of nitrogens with zero attached hydrogens (tertiary/aromatic N) is 1. The molecule has 3 nitrogen and oxygen atoms in total. The summed E-state index contributed by atoms with van der Waals surface area (Å²) in [6.07, 6.45) is 4.78. The molecule has 0 aromatic carbocycles. The molecule has 5 heteroatoms. The third-order valence-electron chi connectivity index (χ3n) is 4.13. The van der Waals surface area contributed by atoms with Gasteiger partial charge in [0.1, 0.15) is 17.4 Å². The fraction of sp³-hybridized carbons (Fsp3) is 0.158. The smallest absolute Gasteiger partial charge is 0.354 e. The van der Waals surface area contributed by atoms with Crippen molar-refractivity contribution < 1.29 is 4.42 Å². The standard InChI is InChI=1S/C19H13NO2S2/c20-11-15-17(16-7-3-9-24-16)14-6-1-4-12(18(14)22-19(15)21)10-13-5-2-8-23-13/h2-3,5,7-10H,1,4,6H2/b12-10+. The van der Waals surface area contributed by atoms with Gasteiger partial charge in [-0.1, -0.05) is 12.1 Å². The van der Waals surface area contributed by atoms with Crippen molar-refractivity contribution in [2.24, 2.45) is 0 Å². The Labute approximate surface area is 147 Å². The molecule has 4 rings (SSSR count). The van der Waals surface area contributed by atoms with E-state index in [9.17, 15) is 10.1 Å². The minimum atomic E-state index is -0.543. The van der Waals surface area contributed by atoms with Gasteiger partial charge in [0, 0.05) is 20.9 Å².